The van der Waals surface area contributed by atoms with Crippen LogP contribution in [0, 0.1) is 5.41 Å². The van der Waals surface area contributed by atoms with Crippen molar-refractivity contribution in [3.63, 3.8) is 0 Å². The zero-order chi connectivity index (χ0) is 24.4. The normalized spacial score (nSPS) is 9.45. The predicted octanol–water partition coefficient (Wildman–Crippen LogP) is 1.54. The quantitative estimate of drug-likeness (QED) is 0.255. The molecule has 0 unspecified atom stereocenters. The highest BCUT2D eigenvalue weighted by molar-refractivity contribution is 5.85. The van der Waals surface area contributed by atoms with Crippen LogP contribution >= 0.6 is 0 Å². The van der Waals surface area contributed by atoms with E-state index in [1.807, 2.05) is 0 Å². The van der Waals surface area contributed by atoms with Crippen LogP contribution in [0.3, 0.4) is 0 Å². The lowest BCUT2D eigenvalue weighted by molar-refractivity contribution is -0.164. The van der Waals surface area contributed by atoms with E-state index in [1.165, 1.54) is 6.92 Å². The molecule has 0 heterocycles. The van der Waals surface area contributed by atoms with E-state index in [4.69, 9.17) is 24.1 Å². The van der Waals surface area contributed by atoms with E-state index in [0.29, 0.717) is 0 Å². The predicted molar refractivity (Wildman–Crippen MR) is 110 cm³/mol. The van der Waals surface area contributed by atoms with Crippen molar-refractivity contribution in [1.82, 2.24) is 0 Å². The number of carbonyl (C=O) groups is 5. The van der Waals surface area contributed by atoms with Gasteiger partial charge in [-0.3, -0.25) is 0 Å². The van der Waals surface area contributed by atoms with Gasteiger partial charge in [-0.25, -0.2) is 24.0 Å². The van der Waals surface area contributed by atoms with Crippen LogP contribution in [0.5, 0.6) is 0 Å². The molecule has 0 amide bonds. The highest BCUT2D eigenvalue weighted by atomic mass is 16.6. The fourth-order valence-electron chi connectivity index (χ4n) is 1.38. The monoisotopic (exact) mass is 438 g/mol. The van der Waals surface area contributed by atoms with E-state index in [9.17, 15) is 24.0 Å². The van der Waals surface area contributed by atoms with E-state index < -0.39 is 35.3 Å². The number of carbonyl (C=O) groups excluding carboxylic acids is 4. The van der Waals surface area contributed by atoms with Crippen molar-refractivity contribution >= 4 is 29.8 Å². The zero-order valence-corrected chi connectivity index (χ0v) is 17.3. The second kappa shape index (κ2) is 15.9. The molecule has 10 heteroatoms. The standard InChI is InChI=1S/C17H20O8.C4H6O2/c1-5-13(18)22-9-17(10-23-14(19)6-2,11-24-15(20)7-3)12-25-16(21)8-4;1-3(2)4(5)6/h5-8H,1-4,9-12H2;1H2,2H3,(H,5,6). The van der Waals surface area contributed by atoms with E-state index in [1.54, 1.807) is 0 Å². The highest BCUT2D eigenvalue weighted by Gasteiger charge is 2.37. The minimum absolute atomic E-state index is 0.176. The molecule has 0 bridgehead atoms. The Labute approximate surface area is 180 Å². The van der Waals surface area contributed by atoms with Gasteiger partial charge in [0.25, 0.3) is 0 Å². The Hall–Kier alpha value is -3.95. The average molecular weight is 438 g/mol. The minimum atomic E-state index is -1.34. The van der Waals surface area contributed by atoms with E-state index in [-0.39, 0.29) is 32.0 Å². The molecule has 0 aromatic heterocycles. The van der Waals surface area contributed by atoms with Crippen molar-refractivity contribution in [3.8, 4) is 0 Å². The van der Waals surface area contributed by atoms with Crippen LogP contribution < -0.4 is 0 Å². The fraction of sp³-hybridized carbons (Fsp3) is 0.286. The summed E-state index contributed by atoms with van der Waals surface area (Å²) in [6.07, 6.45) is 3.69. The van der Waals surface area contributed by atoms with Gasteiger partial charge in [-0.05, 0) is 6.92 Å². The van der Waals surface area contributed by atoms with Crippen LogP contribution in [0.15, 0.2) is 62.8 Å². The summed E-state index contributed by atoms with van der Waals surface area (Å²) in [5, 5.41) is 7.89. The largest absolute Gasteiger partial charge is 0.478 e. The molecule has 0 aromatic rings. The first kappa shape index (κ1) is 29.3. The van der Waals surface area contributed by atoms with Gasteiger partial charge in [-0.1, -0.05) is 32.9 Å². The molecule has 0 saturated heterocycles. The van der Waals surface area contributed by atoms with Crippen molar-refractivity contribution in [2.75, 3.05) is 26.4 Å². The van der Waals surface area contributed by atoms with Gasteiger partial charge in [0, 0.05) is 29.9 Å². The molecule has 170 valence electrons. The van der Waals surface area contributed by atoms with Gasteiger partial charge in [0.05, 0.1) is 0 Å². The molecule has 10 nitrogen and oxygen atoms in total. The van der Waals surface area contributed by atoms with Gasteiger partial charge < -0.3 is 24.1 Å². The van der Waals surface area contributed by atoms with Crippen LogP contribution in [0.4, 0.5) is 0 Å². The fourth-order valence-corrected chi connectivity index (χ4v) is 1.38. The van der Waals surface area contributed by atoms with Crippen molar-refractivity contribution < 1.29 is 48.0 Å². The number of rotatable bonds is 13. The minimum Gasteiger partial charge on any atom is -0.478 e. The Morgan fingerprint density at radius 1 is 0.677 bits per heavy atom. The summed E-state index contributed by atoms with van der Waals surface area (Å²) in [5.41, 5.74) is -1.16. The summed E-state index contributed by atoms with van der Waals surface area (Å²) in [6.45, 7) is 16.1. The maximum atomic E-state index is 11.3. The third kappa shape index (κ3) is 14.7. The van der Waals surface area contributed by atoms with Gasteiger partial charge in [0.1, 0.15) is 31.8 Å². The van der Waals surface area contributed by atoms with E-state index in [0.717, 1.165) is 24.3 Å². The Bertz CT molecular complexity index is 619. The smallest absolute Gasteiger partial charge is 0.330 e. The Balaban J connectivity index is 0. The molecule has 0 aliphatic carbocycles. The Morgan fingerprint density at radius 2 is 0.871 bits per heavy atom. The van der Waals surface area contributed by atoms with Crippen molar-refractivity contribution in [2.45, 2.75) is 6.92 Å². The summed E-state index contributed by atoms with van der Waals surface area (Å²) in [7, 11) is 0. The highest BCUT2D eigenvalue weighted by Crippen LogP contribution is 2.21. The van der Waals surface area contributed by atoms with Gasteiger partial charge in [-0.15, -0.1) is 0 Å². The zero-order valence-electron chi connectivity index (χ0n) is 17.3. The van der Waals surface area contributed by atoms with Crippen molar-refractivity contribution in [2.24, 2.45) is 5.41 Å². The maximum absolute atomic E-state index is 11.3. The molecule has 0 fully saturated rings. The maximum Gasteiger partial charge on any atom is 0.330 e. The lowest BCUT2D eigenvalue weighted by atomic mass is 9.92. The molecule has 0 radical (unpaired) electrons. The molecule has 0 saturated carbocycles. The molecule has 0 rings (SSSR count). The second-order valence-electron chi connectivity index (χ2n) is 5.83. The lowest BCUT2D eigenvalue weighted by Gasteiger charge is -2.31. The number of hydrogen-bond acceptors (Lipinski definition) is 9. The number of aliphatic carboxylic acids is 1. The molecule has 31 heavy (non-hydrogen) atoms. The molecule has 0 spiro atoms. The first-order valence-electron chi connectivity index (χ1n) is 8.52. The first-order chi connectivity index (χ1) is 14.5. The van der Waals surface area contributed by atoms with Crippen LogP contribution in [-0.2, 0) is 42.9 Å². The second-order valence-corrected chi connectivity index (χ2v) is 5.83. The topological polar surface area (TPSA) is 143 Å². The summed E-state index contributed by atoms with van der Waals surface area (Å²) < 4.78 is 19.8. The number of esters is 4. The van der Waals surface area contributed by atoms with Gasteiger partial charge in [0.2, 0.25) is 0 Å². The van der Waals surface area contributed by atoms with E-state index in [2.05, 4.69) is 32.9 Å². The lowest BCUT2D eigenvalue weighted by Crippen LogP contribution is -2.43. The van der Waals surface area contributed by atoms with Crippen LogP contribution in [0.2, 0.25) is 0 Å². The summed E-state index contributed by atoms with van der Waals surface area (Å²) in [4.78, 5) is 54.9. The third-order valence-electron chi connectivity index (χ3n) is 3.11. The first-order valence-corrected chi connectivity index (χ1v) is 8.52. The summed E-state index contributed by atoms with van der Waals surface area (Å²) in [6, 6.07) is 0. The summed E-state index contributed by atoms with van der Waals surface area (Å²) in [5.74, 6) is -3.97. The molecule has 0 aliphatic heterocycles. The van der Waals surface area contributed by atoms with Gasteiger partial charge in [0.15, 0.2) is 0 Å². The summed E-state index contributed by atoms with van der Waals surface area (Å²) >= 11 is 0. The molecule has 0 aromatic carbocycles. The van der Waals surface area contributed by atoms with Gasteiger partial charge in [-0.2, -0.15) is 0 Å². The molecule has 0 atom stereocenters. The van der Waals surface area contributed by atoms with Crippen LogP contribution in [-0.4, -0.2) is 61.4 Å². The third-order valence-corrected chi connectivity index (χ3v) is 3.11. The molecular formula is C21H26O10. The van der Waals surface area contributed by atoms with Crippen molar-refractivity contribution in [3.05, 3.63) is 62.8 Å². The number of carboxylic acids is 1. The molecule has 0 aliphatic rings. The Kier molecular flexibility index (Phi) is 15.0. The van der Waals surface area contributed by atoms with Crippen LogP contribution in [0.1, 0.15) is 6.92 Å². The number of ether oxygens (including phenoxy) is 4. The number of hydrogen-bond donors (Lipinski definition) is 1. The van der Waals surface area contributed by atoms with E-state index >= 15 is 0 Å². The van der Waals surface area contributed by atoms with Crippen molar-refractivity contribution in [1.29, 1.82) is 0 Å². The van der Waals surface area contributed by atoms with Crippen LogP contribution in [0.25, 0.3) is 0 Å². The average Bonchev–Trinajstić information content (AvgIpc) is 2.77. The SMILES string of the molecule is C=C(C)C(=O)O.C=CC(=O)OCC(COC(=O)C=C)(COC(=O)C=C)COC(=O)C=C. The number of carboxylic acid groups (broad SMARTS) is 1. The van der Waals surface area contributed by atoms with Gasteiger partial charge >= 0.3 is 29.8 Å². The Morgan fingerprint density at radius 3 is 1.00 bits per heavy atom. The molecular weight excluding hydrogens is 412 g/mol. The molecule has 1 N–H and O–H groups in total.